The van der Waals surface area contributed by atoms with E-state index >= 15 is 0 Å². The monoisotopic (exact) mass is 194 g/mol. The number of hydrogen-bond donors (Lipinski definition) is 3. The number of hydrogen-bond acceptors (Lipinski definition) is 3. The second-order valence-electron chi connectivity index (χ2n) is 3.84. The Morgan fingerprint density at radius 3 is 3.07 bits per heavy atom. The Hall–Kier alpha value is -0.870. The zero-order valence-electron chi connectivity index (χ0n) is 8.42. The minimum atomic E-state index is 0.836. The first kappa shape index (κ1) is 9.68. The summed E-state index contributed by atoms with van der Waals surface area (Å²) < 4.78 is 0. The van der Waals surface area contributed by atoms with Crippen LogP contribution in [-0.4, -0.2) is 29.1 Å². The maximum absolute atomic E-state index is 3.96. The molecule has 1 aromatic rings. The Labute approximate surface area is 84.5 Å². The van der Waals surface area contributed by atoms with E-state index in [9.17, 15) is 0 Å². The van der Waals surface area contributed by atoms with Crippen LogP contribution >= 0.6 is 0 Å². The van der Waals surface area contributed by atoms with Crippen LogP contribution < -0.4 is 10.6 Å². The van der Waals surface area contributed by atoms with Gasteiger partial charge in [0.1, 0.15) is 0 Å². The third kappa shape index (κ3) is 3.47. The molecule has 4 nitrogen and oxygen atoms in total. The average Bonchev–Trinajstić information content (AvgIpc) is 2.87. The minimum absolute atomic E-state index is 0.836. The van der Waals surface area contributed by atoms with Crippen molar-refractivity contribution < 1.29 is 0 Å². The second-order valence-corrected chi connectivity index (χ2v) is 3.84. The molecule has 0 bridgehead atoms. The molecule has 0 radical (unpaired) electrons. The van der Waals surface area contributed by atoms with E-state index in [0.29, 0.717) is 0 Å². The van der Waals surface area contributed by atoms with E-state index in [1.807, 2.05) is 6.20 Å². The highest BCUT2D eigenvalue weighted by molar-refractivity contribution is 4.92. The van der Waals surface area contributed by atoms with Crippen LogP contribution in [0.25, 0.3) is 0 Å². The Bertz CT molecular complexity index is 241. The number of rotatable bonds is 7. The molecule has 1 aliphatic carbocycles. The fraction of sp³-hybridized carbons (Fsp3) is 0.700. The van der Waals surface area contributed by atoms with Crippen molar-refractivity contribution in [1.82, 2.24) is 20.6 Å². The molecule has 1 heterocycles. The van der Waals surface area contributed by atoms with E-state index in [4.69, 9.17) is 0 Å². The number of H-pyrrole nitrogens is 1. The largest absolute Gasteiger partial charge is 0.347 e. The normalized spacial score (nSPS) is 16.0. The molecule has 1 saturated carbocycles. The van der Waals surface area contributed by atoms with Gasteiger partial charge in [-0.05, 0) is 32.4 Å². The number of nitrogens with one attached hydrogen (secondary N) is 3. The van der Waals surface area contributed by atoms with Gasteiger partial charge in [0, 0.05) is 24.5 Å². The van der Waals surface area contributed by atoms with Gasteiger partial charge in [-0.25, -0.2) is 4.98 Å². The smallest absolute Gasteiger partial charge is 0.0922 e. The van der Waals surface area contributed by atoms with Gasteiger partial charge in [0.25, 0.3) is 0 Å². The van der Waals surface area contributed by atoms with Crippen LogP contribution in [0, 0.1) is 0 Å². The van der Waals surface area contributed by atoms with Crippen molar-refractivity contribution in [2.75, 3.05) is 13.1 Å². The van der Waals surface area contributed by atoms with Crippen LogP contribution in [0.5, 0.6) is 0 Å². The van der Waals surface area contributed by atoms with Crippen molar-refractivity contribution in [2.45, 2.75) is 31.8 Å². The predicted octanol–water partition coefficient (Wildman–Crippen LogP) is 0.641. The summed E-state index contributed by atoms with van der Waals surface area (Å²) in [5.41, 5.74) is 1.15. The standard InChI is InChI=1S/C10H18N4/c1(5-13-9-2-3-9)4-11-6-10-7-12-8-14-10/h7-9,11,13H,1-6H2,(H,12,14). The highest BCUT2D eigenvalue weighted by atomic mass is 15.0. The number of nitrogens with zero attached hydrogens (tertiary/aromatic N) is 1. The lowest BCUT2D eigenvalue weighted by atomic mass is 10.4. The van der Waals surface area contributed by atoms with Gasteiger partial charge >= 0.3 is 0 Å². The summed E-state index contributed by atoms with van der Waals surface area (Å²) in [6.07, 6.45) is 7.52. The van der Waals surface area contributed by atoms with Gasteiger partial charge < -0.3 is 15.6 Å². The average molecular weight is 194 g/mol. The van der Waals surface area contributed by atoms with Crippen LogP contribution in [-0.2, 0) is 6.54 Å². The van der Waals surface area contributed by atoms with Crippen molar-refractivity contribution in [3.05, 3.63) is 18.2 Å². The molecule has 2 rings (SSSR count). The van der Waals surface area contributed by atoms with E-state index in [-0.39, 0.29) is 0 Å². The summed E-state index contributed by atoms with van der Waals surface area (Å²) >= 11 is 0. The van der Waals surface area contributed by atoms with Crippen molar-refractivity contribution >= 4 is 0 Å². The molecule has 1 aromatic heterocycles. The Balaban J connectivity index is 1.43. The molecule has 0 atom stereocenters. The maximum atomic E-state index is 3.96. The van der Waals surface area contributed by atoms with Crippen LogP contribution in [0.2, 0.25) is 0 Å². The number of aromatic amines is 1. The molecule has 0 spiro atoms. The van der Waals surface area contributed by atoms with Gasteiger partial charge in [0.2, 0.25) is 0 Å². The Morgan fingerprint density at radius 1 is 1.43 bits per heavy atom. The molecule has 1 aliphatic rings. The van der Waals surface area contributed by atoms with Gasteiger partial charge in [-0.1, -0.05) is 0 Å². The molecule has 14 heavy (non-hydrogen) atoms. The van der Waals surface area contributed by atoms with Gasteiger partial charge in [-0.2, -0.15) is 0 Å². The summed E-state index contributed by atoms with van der Waals surface area (Å²) in [6, 6.07) is 0.836. The van der Waals surface area contributed by atoms with Crippen molar-refractivity contribution in [3.63, 3.8) is 0 Å². The lowest BCUT2D eigenvalue weighted by Gasteiger charge is -2.03. The first-order valence-corrected chi connectivity index (χ1v) is 5.36. The number of aromatic nitrogens is 2. The van der Waals surface area contributed by atoms with E-state index in [2.05, 4.69) is 20.6 Å². The Kier molecular flexibility index (Phi) is 3.54. The van der Waals surface area contributed by atoms with E-state index in [1.54, 1.807) is 6.33 Å². The van der Waals surface area contributed by atoms with Crippen LogP contribution in [0.4, 0.5) is 0 Å². The molecular weight excluding hydrogens is 176 g/mol. The first-order valence-electron chi connectivity index (χ1n) is 5.36. The van der Waals surface area contributed by atoms with Gasteiger partial charge in [-0.3, -0.25) is 0 Å². The third-order valence-electron chi connectivity index (χ3n) is 2.41. The SMILES string of the molecule is c1ncc(CNCCCNC2CC2)[nH]1. The van der Waals surface area contributed by atoms with Crippen LogP contribution in [0.3, 0.4) is 0 Å². The molecule has 78 valence electrons. The van der Waals surface area contributed by atoms with E-state index in [0.717, 1.165) is 31.4 Å². The topological polar surface area (TPSA) is 52.7 Å². The van der Waals surface area contributed by atoms with Gasteiger partial charge in [0.15, 0.2) is 0 Å². The van der Waals surface area contributed by atoms with Crippen LogP contribution in [0.1, 0.15) is 25.0 Å². The van der Waals surface area contributed by atoms with Crippen LogP contribution in [0.15, 0.2) is 12.5 Å². The van der Waals surface area contributed by atoms with E-state index < -0.39 is 0 Å². The molecule has 1 fully saturated rings. The molecule has 0 aromatic carbocycles. The summed E-state index contributed by atoms with van der Waals surface area (Å²) in [7, 11) is 0. The fourth-order valence-electron chi connectivity index (χ4n) is 1.41. The molecule has 4 heteroatoms. The minimum Gasteiger partial charge on any atom is -0.347 e. The summed E-state index contributed by atoms with van der Waals surface area (Å²) in [5, 5.41) is 6.86. The lowest BCUT2D eigenvalue weighted by Crippen LogP contribution is -2.23. The molecule has 0 amide bonds. The lowest BCUT2D eigenvalue weighted by molar-refractivity contribution is 0.590. The molecule has 0 unspecified atom stereocenters. The molecule has 3 N–H and O–H groups in total. The quantitative estimate of drug-likeness (QED) is 0.558. The molecule has 0 saturated heterocycles. The van der Waals surface area contributed by atoms with Crippen molar-refractivity contribution in [2.24, 2.45) is 0 Å². The van der Waals surface area contributed by atoms with E-state index in [1.165, 1.54) is 19.3 Å². The predicted molar refractivity (Wildman–Crippen MR) is 55.9 cm³/mol. The van der Waals surface area contributed by atoms with Gasteiger partial charge in [-0.15, -0.1) is 0 Å². The first-order chi connectivity index (χ1) is 6.95. The van der Waals surface area contributed by atoms with Crippen molar-refractivity contribution in [3.8, 4) is 0 Å². The zero-order valence-corrected chi connectivity index (χ0v) is 8.42. The summed E-state index contributed by atoms with van der Waals surface area (Å²) in [5.74, 6) is 0. The Morgan fingerprint density at radius 2 is 2.36 bits per heavy atom. The highest BCUT2D eigenvalue weighted by Crippen LogP contribution is 2.18. The number of imidazole rings is 1. The molecule has 0 aliphatic heterocycles. The molecular formula is C10H18N4. The summed E-state index contributed by atoms with van der Waals surface area (Å²) in [6.45, 7) is 3.10. The highest BCUT2D eigenvalue weighted by Gasteiger charge is 2.19. The third-order valence-corrected chi connectivity index (χ3v) is 2.41. The summed E-state index contributed by atoms with van der Waals surface area (Å²) in [4.78, 5) is 7.03. The van der Waals surface area contributed by atoms with Crippen molar-refractivity contribution in [1.29, 1.82) is 0 Å². The maximum Gasteiger partial charge on any atom is 0.0922 e. The van der Waals surface area contributed by atoms with Gasteiger partial charge in [0.05, 0.1) is 6.33 Å². The zero-order chi connectivity index (χ0) is 9.64. The second kappa shape index (κ2) is 5.12. The fourth-order valence-corrected chi connectivity index (χ4v) is 1.41.